The summed E-state index contributed by atoms with van der Waals surface area (Å²) in [6, 6.07) is 0. The van der Waals surface area contributed by atoms with E-state index in [2.05, 4.69) is 13.8 Å². The number of unbranched alkanes of at least 4 members (excludes halogenated alkanes) is 9. The van der Waals surface area contributed by atoms with Gasteiger partial charge in [0.25, 0.3) is 0 Å². The fourth-order valence-corrected chi connectivity index (χ4v) is 6.89. The minimum absolute atomic E-state index is 1.05. The molecule has 0 amide bonds. The molecule has 0 heterocycles. The van der Waals surface area contributed by atoms with Gasteiger partial charge in [-0.2, -0.15) is 0 Å². The molecule has 2 rings (SSSR count). The van der Waals surface area contributed by atoms with Gasteiger partial charge in [0.1, 0.15) is 0 Å². The Bertz CT molecular complexity index is 372. The van der Waals surface area contributed by atoms with E-state index in [4.69, 9.17) is 0 Å². The Labute approximate surface area is 191 Å². The van der Waals surface area contributed by atoms with Crippen LogP contribution >= 0.6 is 0 Å². The summed E-state index contributed by atoms with van der Waals surface area (Å²) >= 11 is 0. The van der Waals surface area contributed by atoms with Crippen LogP contribution in [0.3, 0.4) is 0 Å². The van der Waals surface area contributed by atoms with Gasteiger partial charge in [-0.25, -0.2) is 0 Å². The molecular formula is C30H58. The van der Waals surface area contributed by atoms with Gasteiger partial charge in [0, 0.05) is 0 Å². The van der Waals surface area contributed by atoms with Crippen molar-refractivity contribution < 1.29 is 0 Å². The molecule has 0 N–H and O–H groups in total. The molecule has 2 bridgehead atoms. The maximum absolute atomic E-state index is 2.48. The van der Waals surface area contributed by atoms with E-state index in [1.54, 1.807) is 38.5 Å². The Hall–Kier alpha value is 0. The van der Waals surface area contributed by atoms with Crippen molar-refractivity contribution in [3.05, 3.63) is 0 Å². The van der Waals surface area contributed by atoms with Crippen molar-refractivity contribution in [2.75, 3.05) is 0 Å². The second-order valence-electron chi connectivity index (χ2n) is 11.3. The van der Waals surface area contributed by atoms with Crippen LogP contribution in [0.1, 0.15) is 168 Å². The normalized spacial score (nSPS) is 29.0. The van der Waals surface area contributed by atoms with Crippen molar-refractivity contribution in [2.24, 2.45) is 23.7 Å². The highest BCUT2D eigenvalue weighted by molar-refractivity contribution is 4.83. The topological polar surface area (TPSA) is 0 Å². The number of fused-ring (bicyclic) bond motifs is 2. The molecule has 0 saturated heterocycles. The van der Waals surface area contributed by atoms with E-state index in [9.17, 15) is 0 Å². The number of hydrogen-bond acceptors (Lipinski definition) is 0. The summed E-state index contributed by atoms with van der Waals surface area (Å²) in [7, 11) is 0. The first-order valence-electron chi connectivity index (χ1n) is 14.8. The molecule has 4 atom stereocenters. The third-order valence-corrected chi connectivity index (χ3v) is 8.95. The van der Waals surface area contributed by atoms with E-state index in [-0.39, 0.29) is 0 Å². The van der Waals surface area contributed by atoms with Crippen LogP contribution in [0.2, 0.25) is 0 Å². The van der Waals surface area contributed by atoms with Gasteiger partial charge in [0.05, 0.1) is 0 Å². The smallest absolute Gasteiger partial charge is 0.0383 e. The zero-order valence-corrected chi connectivity index (χ0v) is 21.3. The van der Waals surface area contributed by atoms with Crippen LogP contribution in [0.15, 0.2) is 0 Å². The van der Waals surface area contributed by atoms with Gasteiger partial charge in [-0.3, -0.25) is 0 Å². The molecule has 4 unspecified atom stereocenters. The molecule has 0 heteroatoms. The quantitative estimate of drug-likeness (QED) is 0.276. The van der Waals surface area contributed by atoms with Crippen molar-refractivity contribution in [1.82, 2.24) is 0 Å². The lowest BCUT2D eigenvalue weighted by molar-refractivity contribution is 0.219. The fourth-order valence-electron chi connectivity index (χ4n) is 6.89. The van der Waals surface area contributed by atoms with Crippen LogP contribution in [-0.4, -0.2) is 0 Å². The lowest BCUT2D eigenvalue weighted by Gasteiger charge is -2.29. The molecule has 30 heavy (non-hydrogen) atoms. The molecule has 0 aromatic carbocycles. The monoisotopic (exact) mass is 418 g/mol. The van der Waals surface area contributed by atoms with Gasteiger partial charge in [-0.15, -0.1) is 0 Å². The van der Waals surface area contributed by atoms with Crippen LogP contribution in [0.25, 0.3) is 0 Å². The Morgan fingerprint density at radius 3 is 1.50 bits per heavy atom. The molecule has 0 aliphatic heterocycles. The summed E-state index contributed by atoms with van der Waals surface area (Å²) in [5, 5.41) is 0. The van der Waals surface area contributed by atoms with Gasteiger partial charge < -0.3 is 0 Å². The van der Waals surface area contributed by atoms with E-state index in [1.807, 2.05) is 0 Å². The Morgan fingerprint density at radius 1 is 0.467 bits per heavy atom. The van der Waals surface area contributed by atoms with Gasteiger partial charge in [0.15, 0.2) is 0 Å². The standard InChI is InChI=1S/C30H58/c1-3-5-6-7-8-9-10-12-15-18-21-28-25-24-27(4-2)29-22-19-16-13-11-14-17-20-23-30(28)26-29/h27-30H,3-26H2,1-2H3. The molecule has 2 saturated carbocycles. The Kier molecular flexibility index (Phi) is 15.4. The third kappa shape index (κ3) is 11.0. The first-order chi connectivity index (χ1) is 14.8. The van der Waals surface area contributed by atoms with Crippen LogP contribution in [0.5, 0.6) is 0 Å². The van der Waals surface area contributed by atoms with Crippen molar-refractivity contribution in [3.8, 4) is 0 Å². The second kappa shape index (κ2) is 17.5. The van der Waals surface area contributed by atoms with Crippen molar-refractivity contribution in [2.45, 2.75) is 168 Å². The summed E-state index contributed by atoms with van der Waals surface area (Å²) in [5.74, 6) is 4.26. The zero-order valence-electron chi connectivity index (χ0n) is 21.3. The summed E-state index contributed by atoms with van der Waals surface area (Å²) in [6.45, 7) is 4.80. The largest absolute Gasteiger partial charge is 0.0654 e. The number of hydrogen-bond donors (Lipinski definition) is 0. The van der Waals surface area contributed by atoms with Crippen molar-refractivity contribution >= 4 is 0 Å². The average molecular weight is 419 g/mol. The molecule has 0 aromatic rings. The van der Waals surface area contributed by atoms with Crippen LogP contribution < -0.4 is 0 Å². The van der Waals surface area contributed by atoms with E-state index in [0.29, 0.717) is 0 Å². The highest BCUT2D eigenvalue weighted by atomic mass is 14.4. The molecule has 0 spiro atoms. The summed E-state index contributed by atoms with van der Waals surface area (Å²) in [5.41, 5.74) is 0. The van der Waals surface area contributed by atoms with Gasteiger partial charge in [-0.1, -0.05) is 149 Å². The summed E-state index contributed by atoms with van der Waals surface area (Å²) in [4.78, 5) is 0. The van der Waals surface area contributed by atoms with Gasteiger partial charge in [0.2, 0.25) is 0 Å². The third-order valence-electron chi connectivity index (χ3n) is 8.95. The van der Waals surface area contributed by atoms with E-state index < -0.39 is 0 Å². The van der Waals surface area contributed by atoms with Crippen LogP contribution in [0.4, 0.5) is 0 Å². The molecule has 178 valence electrons. The predicted molar refractivity (Wildman–Crippen MR) is 136 cm³/mol. The van der Waals surface area contributed by atoms with Crippen LogP contribution in [0, 0.1) is 23.7 Å². The highest BCUT2D eigenvalue weighted by Gasteiger charge is 2.32. The van der Waals surface area contributed by atoms with Crippen LogP contribution in [-0.2, 0) is 0 Å². The summed E-state index contributed by atoms with van der Waals surface area (Å²) < 4.78 is 0. The van der Waals surface area contributed by atoms with E-state index in [1.165, 1.54) is 116 Å². The van der Waals surface area contributed by atoms with E-state index >= 15 is 0 Å². The van der Waals surface area contributed by atoms with Gasteiger partial charge in [-0.05, 0) is 42.9 Å². The Morgan fingerprint density at radius 2 is 0.933 bits per heavy atom. The van der Waals surface area contributed by atoms with Crippen molar-refractivity contribution in [3.63, 3.8) is 0 Å². The Balaban J connectivity index is 1.71. The fraction of sp³-hybridized carbons (Fsp3) is 1.00. The van der Waals surface area contributed by atoms with Gasteiger partial charge >= 0.3 is 0 Å². The molecule has 2 fully saturated rings. The first kappa shape index (κ1) is 26.3. The maximum Gasteiger partial charge on any atom is -0.0383 e. The first-order valence-corrected chi connectivity index (χ1v) is 14.8. The molecular weight excluding hydrogens is 360 g/mol. The van der Waals surface area contributed by atoms with E-state index in [0.717, 1.165) is 23.7 Å². The second-order valence-corrected chi connectivity index (χ2v) is 11.3. The minimum Gasteiger partial charge on any atom is -0.0654 e. The molecule has 2 aliphatic carbocycles. The molecule has 0 aromatic heterocycles. The molecule has 0 nitrogen and oxygen atoms in total. The summed E-state index contributed by atoms with van der Waals surface area (Å²) in [6.07, 6.45) is 36.3. The maximum atomic E-state index is 2.48. The highest BCUT2D eigenvalue weighted by Crippen LogP contribution is 2.43. The minimum atomic E-state index is 1.05. The lowest BCUT2D eigenvalue weighted by atomic mass is 9.76. The SMILES string of the molecule is CCCCCCCCCCCCC1CCC(CC)C2CCCCCCCCCC1C2. The molecule has 0 radical (unpaired) electrons. The average Bonchev–Trinajstić information content (AvgIpc) is 2.91. The van der Waals surface area contributed by atoms with Crippen molar-refractivity contribution in [1.29, 1.82) is 0 Å². The predicted octanol–water partition coefficient (Wildman–Crippen LogP) is 10.9. The lowest BCUT2D eigenvalue weighted by Crippen LogP contribution is -2.18. The zero-order chi connectivity index (χ0) is 21.3. The number of rotatable bonds is 12. The molecule has 2 aliphatic rings.